The number of nitrogens with zero attached hydrogens (tertiary/aromatic N) is 1. The summed E-state index contributed by atoms with van der Waals surface area (Å²) in [5.74, 6) is -1.54. The summed E-state index contributed by atoms with van der Waals surface area (Å²) in [5, 5.41) is 8.72. The highest BCUT2D eigenvalue weighted by molar-refractivity contribution is 7.92. The predicted molar refractivity (Wildman–Crippen MR) is 73.3 cm³/mol. The van der Waals surface area contributed by atoms with Crippen LogP contribution in [0.2, 0.25) is 5.02 Å². The molecule has 0 spiro atoms. The largest absolute Gasteiger partial charge is 0.279 e. The van der Waals surface area contributed by atoms with Gasteiger partial charge in [0.2, 0.25) is 0 Å². The molecule has 0 aliphatic carbocycles. The number of nitriles is 1. The molecule has 0 saturated heterocycles. The Bertz CT molecular complexity index is 827. The third-order valence-corrected chi connectivity index (χ3v) is 4.08. The molecule has 0 aliphatic rings. The molecule has 0 radical (unpaired) electrons. The van der Waals surface area contributed by atoms with Crippen molar-refractivity contribution in [3.63, 3.8) is 0 Å². The maximum atomic E-state index is 13.2. The number of halogens is 3. The number of rotatable bonds is 3. The van der Waals surface area contributed by atoms with Crippen molar-refractivity contribution in [1.82, 2.24) is 0 Å². The van der Waals surface area contributed by atoms with E-state index in [1.54, 1.807) is 6.07 Å². The van der Waals surface area contributed by atoms with Gasteiger partial charge in [-0.1, -0.05) is 11.6 Å². The van der Waals surface area contributed by atoms with Crippen LogP contribution >= 0.6 is 11.6 Å². The van der Waals surface area contributed by atoms with E-state index in [1.165, 1.54) is 6.07 Å². The number of hydrogen-bond donors (Lipinski definition) is 1. The number of anilines is 1. The van der Waals surface area contributed by atoms with Crippen LogP contribution in [0, 0.1) is 23.0 Å². The number of benzene rings is 2. The molecule has 21 heavy (non-hydrogen) atoms. The van der Waals surface area contributed by atoms with Crippen LogP contribution in [0.25, 0.3) is 0 Å². The van der Waals surface area contributed by atoms with Gasteiger partial charge in [0.15, 0.2) is 0 Å². The topological polar surface area (TPSA) is 70.0 Å². The first kappa shape index (κ1) is 15.2. The summed E-state index contributed by atoms with van der Waals surface area (Å²) in [4.78, 5) is -0.319. The van der Waals surface area contributed by atoms with Crippen LogP contribution in [-0.4, -0.2) is 8.42 Å². The molecule has 108 valence electrons. The Labute approximate surface area is 124 Å². The second-order valence-electron chi connectivity index (χ2n) is 4.02. The third-order valence-electron chi connectivity index (χ3n) is 2.48. The van der Waals surface area contributed by atoms with Crippen molar-refractivity contribution < 1.29 is 17.2 Å². The monoisotopic (exact) mass is 328 g/mol. The van der Waals surface area contributed by atoms with Gasteiger partial charge in [-0.05, 0) is 36.4 Å². The molecule has 0 fully saturated rings. The lowest BCUT2D eigenvalue weighted by atomic mass is 10.2. The van der Waals surface area contributed by atoms with Gasteiger partial charge in [-0.3, -0.25) is 4.72 Å². The lowest BCUT2D eigenvalue weighted by Gasteiger charge is -2.09. The molecule has 4 nitrogen and oxygen atoms in total. The van der Waals surface area contributed by atoms with Crippen LogP contribution in [-0.2, 0) is 10.0 Å². The minimum Gasteiger partial charge on any atom is -0.279 e. The summed E-state index contributed by atoms with van der Waals surface area (Å²) in [6.45, 7) is 0. The Hall–Kier alpha value is -2.17. The molecule has 0 heterocycles. The predicted octanol–water partition coefficient (Wildman–Crippen LogP) is 3.29. The first-order valence-corrected chi connectivity index (χ1v) is 7.36. The molecule has 0 amide bonds. The maximum Gasteiger partial charge on any atom is 0.261 e. The quantitative estimate of drug-likeness (QED) is 0.939. The van der Waals surface area contributed by atoms with Gasteiger partial charge in [0.25, 0.3) is 10.0 Å². The van der Waals surface area contributed by atoms with E-state index in [0.717, 1.165) is 30.3 Å². The molecule has 0 aromatic heterocycles. The summed E-state index contributed by atoms with van der Waals surface area (Å²) in [5.41, 5.74) is -0.488. The SMILES string of the molecule is N#Cc1cc(S(=O)(=O)Nc2cc(F)cc(Cl)c2)ccc1F. The van der Waals surface area contributed by atoms with E-state index in [0.29, 0.717) is 0 Å². The van der Waals surface area contributed by atoms with Crippen LogP contribution in [0.4, 0.5) is 14.5 Å². The Balaban J connectivity index is 2.41. The van der Waals surface area contributed by atoms with Gasteiger partial charge in [-0.25, -0.2) is 17.2 Å². The van der Waals surface area contributed by atoms with Crippen molar-refractivity contribution >= 4 is 27.3 Å². The van der Waals surface area contributed by atoms with Crippen molar-refractivity contribution in [1.29, 1.82) is 5.26 Å². The van der Waals surface area contributed by atoms with E-state index in [-0.39, 0.29) is 15.6 Å². The Morgan fingerprint density at radius 3 is 2.48 bits per heavy atom. The highest BCUT2D eigenvalue weighted by Crippen LogP contribution is 2.22. The first-order chi connectivity index (χ1) is 9.81. The normalized spacial score (nSPS) is 11.0. The molecule has 0 saturated carbocycles. The number of sulfonamides is 1. The van der Waals surface area contributed by atoms with Crippen molar-refractivity contribution in [2.75, 3.05) is 4.72 Å². The minimum atomic E-state index is -4.09. The van der Waals surface area contributed by atoms with Crippen LogP contribution in [0.15, 0.2) is 41.3 Å². The number of hydrogen-bond acceptors (Lipinski definition) is 3. The smallest absolute Gasteiger partial charge is 0.261 e. The second kappa shape index (κ2) is 5.68. The first-order valence-electron chi connectivity index (χ1n) is 5.50. The molecule has 0 atom stereocenters. The molecule has 2 aromatic carbocycles. The van der Waals surface area contributed by atoms with Crippen LogP contribution < -0.4 is 4.72 Å². The van der Waals surface area contributed by atoms with Crippen molar-refractivity contribution in [2.45, 2.75) is 4.90 Å². The van der Waals surface area contributed by atoms with Gasteiger partial charge < -0.3 is 0 Å². The highest BCUT2D eigenvalue weighted by atomic mass is 35.5. The second-order valence-corrected chi connectivity index (χ2v) is 6.14. The van der Waals surface area contributed by atoms with Gasteiger partial charge in [0.05, 0.1) is 16.1 Å². The molecule has 8 heteroatoms. The van der Waals surface area contributed by atoms with E-state index >= 15 is 0 Å². The zero-order valence-electron chi connectivity index (χ0n) is 10.3. The lowest BCUT2D eigenvalue weighted by Crippen LogP contribution is -2.13. The molecule has 2 rings (SSSR count). The average Bonchev–Trinajstić information content (AvgIpc) is 2.37. The van der Waals surface area contributed by atoms with Crippen molar-refractivity contribution in [3.8, 4) is 6.07 Å². The third kappa shape index (κ3) is 3.48. The zero-order valence-corrected chi connectivity index (χ0v) is 11.8. The lowest BCUT2D eigenvalue weighted by molar-refractivity contribution is 0.599. The van der Waals surface area contributed by atoms with Gasteiger partial charge in [0.1, 0.15) is 17.7 Å². The van der Waals surface area contributed by atoms with Crippen LogP contribution in [0.3, 0.4) is 0 Å². The molecule has 2 aromatic rings. The van der Waals surface area contributed by atoms with E-state index in [4.69, 9.17) is 16.9 Å². The van der Waals surface area contributed by atoms with Gasteiger partial charge in [0, 0.05) is 5.02 Å². The van der Waals surface area contributed by atoms with E-state index in [9.17, 15) is 17.2 Å². The standard InChI is InChI=1S/C13H7ClF2N2O2S/c14-9-4-10(15)6-11(5-9)18-21(19,20)12-1-2-13(16)8(3-12)7-17/h1-6,18H. The summed E-state index contributed by atoms with van der Waals surface area (Å²) >= 11 is 5.63. The fourth-order valence-corrected chi connectivity index (χ4v) is 2.87. The summed E-state index contributed by atoms with van der Waals surface area (Å²) < 4.78 is 52.6. The van der Waals surface area contributed by atoms with Gasteiger partial charge >= 0.3 is 0 Å². The average molecular weight is 329 g/mol. The number of nitrogens with one attached hydrogen (secondary N) is 1. The molecular formula is C13H7ClF2N2O2S. The molecule has 1 N–H and O–H groups in total. The fourth-order valence-electron chi connectivity index (χ4n) is 1.58. The van der Waals surface area contributed by atoms with Crippen molar-refractivity contribution in [3.05, 3.63) is 58.6 Å². The minimum absolute atomic E-state index is 0.0181. The summed E-state index contributed by atoms with van der Waals surface area (Å²) in [6.07, 6.45) is 0. The van der Waals surface area contributed by atoms with Crippen molar-refractivity contribution in [2.24, 2.45) is 0 Å². The molecule has 0 bridgehead atoms. The highest BCUT2D eigenvalue weighted by Gasteiger charge is 2.17. The molecular weight excluding hydrogens is 322 g/mol. The molecule has 0 unspecified atom stereocenters. The Morgan fingerprint density at radius 2 is 1.86 bits per heavy atom. The Kier molecular flexibility index (Phi) is 4.11. The maximum absolute atomic E-state index is 13.2. The van der Waals surface area contributed by atoms with E-state index < -0.39 is 27.2 Å². The molecule has 0 aliphatic heterocycles. The Morgan fingerprint density at radius 1 is 1.14 bits per heavy atom. The van der Waals surface area contributed by atoms with E-state index in [2.05, 4.69) is 4.72 Å². The summed E-state index contributed by atoms with van der Waals surface area (Å²) in [6, 6.07) is 7.48. The fraction of sp³-hybridized carbons (Fsp3) is 0. The summed E-state index contributed by atoms with van der Waals surface area (Å²) in [7, 11) is -4.09. The zero-order chi connectivity index (χ0) is 15.6. The van der Waals surface area contributed by atoms with Crippen LogP contribution in [0.1, 0.15) is 5.56 Å². The van der Waals surface area contributed by atoms with Gasteiger partial charge in [-0.2, -0.15) is 5.26 Å². The van der Waals surface area contributed by atoms with Crippen LogP contribution in [0.5, 0.6) is 0 Å². The van der Waals surface area contributed by atoms with Gasteiger partial charge in [-0.15, -0.1) is 0 Å². The van der Waals surface area contributed by atoms with E-state index in [1.807, 2.05) is 0 Å².